The molecule has 1 rings (SSSR count). The molecule has 0 bridgehead atoms. The summed E-state index contributed by atoms with van der Waals surface area (Å²) in [5.74, 6) is -0.148. The van der Waals surface area contributed by atoms with Crippen LogP contribution in [-0.2, 0) is 28.7 Å². The SMILES string of the molecule is C#CCC(CC(=O)C=O)c1ccc(C(=O)N[C@@H](CCC(=O)OC)C(=O)OC)cc1. The monoisotopic (exact) mass is 401 g/mol. The Morgan fingerprint density at radius 3 is 2.31 bits per heavy atom. The van der Waals surface area contributed by atoms with Crippen molar-refractivity contribution >= 4 is 29.9 Å². The molecule has 0 aliphatic heterocycles. The van der Waals surface area contributed by atoms with E-state index in [1.54, 1.807) is 12.1 Å². The Bertz CT molecular complexity index is 792. The van der Waals surface area contributed by atoms with Gasteiger partial charge in [0.15, 0.2) is 12.1 Å². The maximum absolute atomic E-state index is 12.5. The molecule has 8 nitrogen and oxygen atoms in total. The smallest absolute Gasteiger partial charge is 0.328 e. The number of ether oxygens (including phenoxy) is 2. The summed E-state index contributed by atoms with van der Waals surface area (Å²) in [6.45, 7) is 0. The number of hydrogen-bond donors (Lipinski definition) is 1. The molecule has 0 spiro atoms. The first-order valence-electron chi connectivity index (χ1n) is 8.83. The molecule has 1 aromatic carbocycles. The van der Waals surface area contributed by atoms with Gasteiger partial charge in [-0.05, 0) is 24.1 Å². The molecule has 8 heteroatoms. The van der Waals surface area contributed by atoms with E-state index in [0.717, 1.165) is 0 Å². The van der Waals surface area contributed by atoms with Crippen LogP contribution in [0.25, 0.3) is 0 Å². The second kappa shape index (κ2) is 12.1. The minimum absolute atomic E-state index is 0.0167. The zero-order valence-electron chi connectivity index (χ0n) is 16.3. The van der Waals surface area contributed by atoms with E-state index in [-0.39, 0.29) is 43.5 Å². The van der Waals surface area contributed by atoms with Crippen LogP contribution >= 0.6 is 0 Å². The summed E-state index contributed by atoms with van der Waals surface area (Å²) in [4.78, 5) is 57.6. The van der Waals surface area contributed by atoms with Gasteiger partial charge in [0.1, 0.15) is 6.04 Å². The standard InChI is InChI=1S/C21H23NO7/c1-4-5-16(12-17(24)13-23)14-6-8-15(9-7-14)20(26)22-18(21(27)29-3)10-11-19(25)28-2/h1,6-9,13,16,18H,5,10-12H2,2-3H3,(H,22,26)/t16?,18-/m0/s1. The van der Waals surface area contributed by atoms with Crippen LogP contribution in [0.4, 0.5) is 0 Å². The first kappa shape index (κ1) is 23.6. The summed E-state index contributed by atoms with van der Waals surface area (Å²) in [5, 5.41) is 2.52. The van der Waals surface area contributed by atoms with Crippen molar-refractivity contribution in [1.82, 2.24) is 5.32 Å². The summed E-state index contributed by atoms with van der Waals surface area (Å²) in [5.41, 5.74) is 0.979. The predicted molar refractivity (Wildman–Crippen MR) is 103 cm³/mol. The van der Waals surface area contributed by atoms with Crippen LogP contribution < -0.4 is 5.32 Å². The lowest BCUT2D eigenvalue weighted by Gasteiger charge is -2.17. The highest BCUT2D eigenvalue weighted by molar-refractivity contribution is 6.25. The van der Waals surface area contributed by atoms with E-state index in [4.69, 9.17) is 6.42 Å². The van der Waals surface area contributed by atoms with E-state index in [2.05, 4.69) is 20.7 Å². The predicted octanol–water partition coefficient (Wildman–Crippen LogP) is 1.18. The van der Waals surface area contributed by atoms with Gasteiger partial charge in [-0.2, -0.15) is 0 Å². The Balaban J connectivity index is 2.88. The molecule has 1 amide bonds. The zero-order valence-corrected chi connectivity index (χ0v) is 16.3. The number of benzene rings is 1. The lowest BCUT2D eigenvalue weighted by Crippen LogP contribution is -2.41. The van der Waals surface area contributed by atoms with Crippen molar-refractivity contribution in [3.63, 3.8) is 0 Å². The number of amides is 1. The fraction of sp³-hybridized carbons (Fsp3) is 0.381. The molecule has 1 N–H and O–H groups in total. The van der Waals surface area contributed by atoms with Gasteiger partial charge in [0.25, 0.3) is 5.91 Å². The summed E-state index contributed by atoms with van der Waals surface area (Å²) >= 11 is 0. The number of carbonyl (C=O) groups is 5. The van der Waals surface area contributed by atoms with E-state index < -0.39 is 29.7 Å². The van der Waals surface area contributed by atoms with Crippen molar-refractivity contribution in [2.24, 2.45) is 0 Å². The molecule has 0 saturated heterocycles. The van der Waals surface area contributed by atoms with Crippen molar-refractivity contribution in [2.75, 3.05) is 14.2 Å². The molecule has 0 aromatic heterocycles. The Labute approximate surface area is 168 Å². The largest absolute Gasteiger partial charge is 0.469 e. The molecule has 0 aliphatic carbocycles. The van der Waals surface area contributed by atoms with Crippen molar-refractivity contribution in [2.45, 2.75) is 37.6 Å². The maximum atomic E-state index is 12.5. The Morgan fingerprint density at radius 1 is 1.14 bits per heavy atom. The number of carbonyl (C=O) groups excluding carboxylic acids is 5. The number of hydrogen-bond acceptors (Lipinski definition) is 7. The van der Waals surface area contributed by atoms with Crippen LogP contribution in [0.2, 0.25) is 0 Å². The third-order valence-electron chi connectivity index (χ3n) is 4.24. The van der Waals surface area contributed by atoms with E-state index in [0.29, 0.717) is 5.56 Å². The van der Waals surface area contributed by atoms with Crippen molar-refractivity contribution in [3.8, 4) is 12.3 Å². The van der Waals surface area contributed by atoms with E-state index >= 15 is 0 Å². The van der Waals surface area contributed by atoms with Gasteiger partial charge in [0, 0.05) is 30.7 Å². The molecule has 29 heavy (non-hydrogen) atoms. The summed E-state index contributed by atoms with van der Waals surface area (Å²) < 4.78 is 9.19. The van der Waals surface area contributed by atoms with Gasteiger partial charge < -0.3 is 14.8 Å². The fourth-order valence-corrected chi connectivity index (χ4v) is 2.64. The zero-order chi connectivity index (χ0) is 21.8. The first-order chi connectivity index (χ1) is 13.9. The number of aldehydes is 1. The Morgan fingerprint density at radius 2 is 1.79 bits per heavy atom. The third-order valence-corrected chi connectivity index (χ3v) is 4.24. The van der Waals surface area contributed by atoms with Crippen molar-refractivity contribution in [3.05, 3.63) is 35.4 Å². The number of terminal acetylenes is 1. The van der Waals surface area contributed by atoms with Crippen LogP contribution in [-0.4, -0.2) is 50.2 Å². The Kier molecular flexibility index (Phi) is 9.82. The molecule has 1 aromatic rings. The average molecular weight is 401 g/mol. The molecular formula is C21H23NO7. The van der Waals surface area contributed by atoms with Crippen LogP contribution in [0.3, 0.4) is 0 Å². The number of ketones is 1. The molecule has 2 atom stereocenters. The molecule has 0 fully saturated rings. The Hall–Kier alpha value is -3.47. The highest BCUT2D eigenvalue weighted by Crippen LogP contribution is 2.23. The first-order valence-corrected chi connectivity index (χ1v) is 8.83. The normalized spacial score (nSPS) is 12.0. The number of rotatable bonds is 11. The topological polar surface area (TPSA) is 116 Å². The summed E-state index contributed by atoms with van der Waals surface area (Å²) in [6.07, 6.45) is 5.80. The number of esters is 2. The van der Waals surface area contributed by atoms with Gasteiger partial charge >= 0.3 is 11.9 Å². The third kappa shape index (κ3) is 7.58. The second-order valence-electron chi connectivity index (χ2n) is 6.18. The van der Waals surface area contributed by atoms with Gasteiger partial charge in [-0.25, -0.2) is 4.79 Å². The molecular weight excluding hydrogens is 378 g/mol. The second-order valence-corrected chi connectivity index (χ2v) is 6.18. The van der Waals surface area contributed by atoms with Crippen LogP contribution in [0, 0.1) is 12.3 Å². The van der Waals surface area contributed by atoms with Crippen LogP contribution in [0.5, 0.6) is 0 Å². The van der Waals surface area contributed by atoms with Crippen LogP contribution in [0.15, 0.2) is 24.3 Å². The van der Waals surface area contributed by atoms with Gasteiger partial charge in [-0.1, -0.05) is 12.1 Å². The van der Waals surface area contributed by atoms with E-state index in [1.165, 1.54) is 26.4 Å². The van der Waals surface area contributed by atoms with E-state index in [1.807, 2.05) is 0 Å². The van der Waals surface area contributed by atoms with Crippen molar-refractivity contribution < 1.29 is 33.4 Å². The minimum atomic E-state index is -1.01. The molecule has 0 radical (unpaired) electrons. The number of methoxy groups -OCH3 is 2. The maximum Gasteiger partial charge on any atom is 0.328 e. The number of Topliss-reactive ketones (excluding diaryl/α,β-unsaturated/α-hetero) is 1. The number of nitrogens with one attached hydrogen (secondary N) is 1. The molecule has 154 valence electrons. The van der Waals surface area contributed by atoms with Gasteiger partial charge in [0.05, 0.1) is 14.2 Å². The highest BCUT2D eigenvalue weighted by atomic mass is 16.5. The minimum Gasteiger partial charge on any atom is -0.469 e. The highest BCUT2D eigenvalue weighted by Gasteiger charge is 2.23. The fourth-order valence-electron chi connectivity index (χ4n) is 2.64. The average Bonchev–Trinajstić information content (AvgIpc) is 2.75. The quantitative estimate of drug-likeness (QED) is 0.256. The van der Waals surface area contributed by atoms with Gasteiger partial charge in [-0.15, -0.1) is 12.3 Å². The lowest BCUT2D eigenvalue weighted by molar-refractivity contribution is -0.144. The summed E-state index contributed by atoms with van der Waals surface area (Å²) in [6, 6.07) is 5.31. The molecule has 0 heterocycles. The van der Waals surface area contributed by atoms with Gasteiger partial charge in [-0.3, -0.25) is 19.2 Å². The lowest BCUT2D eigenvalue weighted by atomic mass is 9.90. The van der Waals surface area contributed by atoms with Gasteiger partial charge in [0.2, 0.25) is 0 Å². The van der Waals surface area contributed by atoms with Crippen LogP contribution in [0.1, 0.15) is 47.5 Å². The van der Waals surface area contributed by atoms with Crippen molar-refractivity contribution in [1.29, 1.82) is 0 Å². The molecule has 0 aliphatic rings. The molecule has 1 unspecified atom stereocenters. The molecule has 0 saturated carbocycles. The van der Waals surface area contributed by atoms with E-state index in [9.17, 15) is 24.0 Å². The summed E-state index contributed by atoms with van der Waals surface area (Å²) in [7, 11) is 2.41.